The first-order valence-electron chi connectivity index (χ1n) is 10.3. The van der Waals surface area contributed by atoms with E-state index in [1.54, 1.807) is 0 Å². The average molecular weight is 416 g/mol. The predicted molar refractivity (Wildman–Crippen MR) is 109 cm³/mol. The van der Waals surface area contributed by atoms with Gasteiger partial charge in [0.05, 0.1) is 32.3 Å². The van der Waals surface area contributed by atoms with Crippen molar-refractivity contribution in [1.82, 2.24) is 0 Å². The minimum atomic E-state index is -1.65. The van der Waals surface area contributed by atoms with Crippen molar-refractivity contribution < 1.29 is 27.7 Å². The summed E-state index contributed by atoms with van der Waals surface area (Å²) in [6.45, 7) is 4.26. The molecule has 4 rings (SSSR count). The van der Waals surface area contributed by atoms with Crippen molar-refractivity contribution in [3.05, 3.63) is 71.8 Å². The van der Waals surface area contributed by atoms with Crippen molar-refractivity contribution in [2.45, 2.75) is 31.8 Å². The highest BCUT2D eigenvalue weighted by molar-refractivity contribution is 5.64. The molecular formula is C24H26F2O4. The van der Waals surface area contributed by atoms with Crippen LogP contribution in [0.15, 0.2) is 60.7 Å². The minimum absolute atomic E-state index is 0.101. The standard InChI is InChI=1S/C24H26F2O4/c1-16-27-14-22(15-28-16)24-29-12-21(13-30-24)20-9-7-19(8-10-20)18-5-2-17(3-6-18)4-11-23(25)26/h2-3,5-11,16,21-22,24H,4,12-15H2,1H3. The summed E-state index contributed by atoms with van der Waals surface area (Å²) in [4.78, 5) is 0. The van der Waals surface area contributed by atoms with Crippen molar-refractivity contribution in [1.29, 1.82) is 0 Å². The van der Waals surface area contributed by atoms with Gasteiger partial charge in [0.25, 0.3) is 6.08 Å². The molecular weight excluding hydrogens is 390 g/mol. The summed E-state index contributed by atoms with van der Waals surface area (Å²) < 4.78 is 47.4. The van der Waals surface area contributed by atoms with E-state index in [9.17, 15) is 8.78 Å². The zero-order valence-corrected chi connectivity index (χ0v) is 16.9. The highest BCUT2D eigenvalue weighted by Crippen LogP contribution is 2.29. The van der Waals surface area contributed by atoms with Crippen LogP contribution in [0.1, 0.15) is 24.0 Å². The van der Waals surface area contributed by atoms with Crippen molar-refractivity contribution in [3.8, 4) is 11.1 Å². The van der Waals surface area contributed by atoms with Crippen LogP contribution in [0, 0.1) is 5.92 Å². The lowest BCUT2D eigenvalue weighted by Crippen LogP contribution is -2.43. The van der Waals surface area contributed by atoms with Gasteiger partial charge in [0.15, 0.2) is 12.6 Å². The van der Waals surface area contributed by atoms with E-state index in [1.807, 2.05) is 31.2 Å². The molecule has 0 spiro atoms. The molecule has 2 fully saturated rings. The van der Waals surface area contributed by atoms with Crippen molar-refractivity contribution in [2.24, 2.45) is 5.92 Å². The van der Waals surface area contributed by atoms with Gasteiger partial charge in [-0.3, -0.25) is 0 Å². The van der Waals surface area contributed by atoms with Gasteiger partial charge in [-0.1, -0.05) is 48.5 Å². The van der Waals surface area contributed by atoms with Crippen molar-refractivity contribution in [2.75, 3.05) is 26.4 Å². The Morgan fingerprint density at radius 3 is 1.97 bits per heavy atom. The fourth-order valence-corrected chi connectivity index (χ4v) is 3.73. The summed E-state index contributed by atoms with van der Waals surface area (Å²) in [5, 5.41) is 0. The van der Waals surface area contributed by atoms with Crippen LogP contribution in [0.5, 0.6) is 0 Å². The molecule has 0 saturated carbocycles. The number of allylic oxidation sites excluding steroid dienone is 1. The maximum Gasteiger partial charge on any atom is 0.266 e. The molecule has 0 atom stereocenters. The molecule has 2 aliphatic rings. The van der Waals surface area contributed by atoms with Gasteiger partial charge in [0.2, 0.25) is 0 Å². The van der Waals surface area contributed by atoms with Crippen LogP contribution in [0.25, 0.3) is 11.1 Å². The second kappa shape index (κ2) is 9.79. The Labute approximate surface area is 175 Å². The molecule has 0 aromatic heterocycles. The van der Waals surface area contributed by atoms with E-state index in [4.69, 9.17) is 18.9 Å². The molecule has 6 heteroatoms. The van der Waals surface area contributed by atoms with E-state index in [0.717, 1.165) is 22.8 Å². The highest BCUT2D eigenvalue weighted by atomic mass is 19.3. The van der Waals surface area contributed by atoms with Crippen LogP contribution >= 0.6 is 0 Å². The third-order valence-corrected chi connectivity index (χ3v) is 5.56. The molecule has 0 unspecified atom stereocenters. The topological polar surface area (TPSA) is 36.9 Å². The first kappa shape index (κ1) is 21.1. The van der Waals surface area contributed by atoms with Crippen molar-refractivity contribution in [3.63, 3.8) is 0 Å². The molecule has 0 aliphatic carbocycles. The maximum atomic E-state index is 12.2. The molecule has 2 saturated heterocycles. The summed E-state index contributed by atoms with van der Waals surface area (Å²) in [5.41, 5.74) is 4.16. The SMILES string of the molecule is CC1OCC(C2OCC(c3ccc(-c4ccc(CC=C(F)F)cc4)cc3)CO2)CO1. The number of hydrogen-bond donors (Lipinski definition) is 0. The van der Waals surface area contributed by atoms with Crippen LogP contribution in [0.2, 0.25) is 0 Å². The molecule has 0 radical (unpaired) electrons. The highest BCUT2D eigenvalue weighted by Gasteiger charge is 2.33. The van der Waals surface area contributed by atoms with Gasteiger partial charge in [-0.2, -0.15) is 8.78 Å². The number of ether oxygens (including phenoxy) is 4. The van der Waals surface area contributed by atoms with Gasteiger partial charge < -0.3 is 18.9 Å². The van der Waals surface area contributed by atoms with Gasteiger partial charge in [-0.15, -0.1) is 0 Å². The van der Waals surface area contributed by atoms with E-state index in [-0.39, 0.29) is 30.8 Å². The molecule has 0 N–H and O–H groups in total. The Morgan fingerprint density at radius 1 is 0.833 bits per heavy atom. The van der Waals surface area contributed by atoms with Gasteiger partial charge >= 0.3 is 0 Å². The number of halogens is 2. The van der Waals surface area contributed by atoms with Gasteiger partial charge in [0, 0.05) is 5.92 Å². The smallest absolute Gasteiger partial charge is 0.266 e. The third kappa shape index (κ3) is 5.32. The first-order chi connectivity index (χ1) is 14.6. The molecule has 2 aromatic rings. The van der Waals surface area contributed by atoms with Crippen LogP contribution in [0.4, 0.5) is 8.78 Å². The first-order valence-corrected chi connectivity index (χ1v) is 10.3. The summed E-state index contributed by atoms with van der Waals surface area (Å²) in [6.07, 6.45) is -0.930. The fourth-order valence-electron chi connectivity index (χ4n) is 3.73. The van der Waals surface area contributed by atoms with Crippen LogP contribution in [-0.4, -0.2) is 39.0 Å². The number of hydrogen-bond acceptors (Lipinski definition) is 4. The van der Waals surface area contributed by atoms with Crippen LogP contribution < -0.4 is 0 Å². The normalized spacial score (nSPS) is 26.9. The largest absolute Gasteiger partial charge is 0.352 e. The van der Waals surface area contributed by atoms with E-state index in [1.165, 1.54) is 5.56 Å². The Bertz CT molecular complexity index is 831. The number of benzene rings is 2. The van der Waals surface area contributed by atoms with Crippen LogP contribution in [0.3, 0.4) is 0 Å². The Balaban J connectivity index is 1.32. The lowest BCUT2D eigenvalue weighted by molar-refractivity contribution is -0.271. The molecule has 2 heterocycles. The van der Waals surface area contributed by atoms with Crippen molar-refractivity contribution >= 4 is 0 Å². The van der Waals surface area contributed by atoms with Gasteiger partial charge in [-0.05, 0) is 41.7 Å². The van der Waals surface area contributed by atoms with Gasteiger partial charge in [-0.25, -0.2) is 0 Å². The molecule has 2 aromatic carbocycles. The third-order valence-electron chi connectivity index (χ3n) is 5.56. The summed E-state index contributed by atoms with van der Waals surface area (Å²) in [5.74, 6) is 0.286. The Morgan fingerprint density at radius 2 is 1.40 bits per heavy atom. The Kier molecular flexibility index (Phi) is 6.89. The average Bonchev–Trinajstić information content (AvgIpc) is 2.79. The fraction of sp³-hybridized carbons (Fsp3) is 0.417. The molecule has 4 nitrogen and oxygen atoms in total. The molecule has 30 heavy (non-hydrogen) atoms. The number of rotatable bonds is 5. The maximum absolute atomic E-state index is 12.2. The Hall–Kier alpha value is -2.12. The second-order valence-electron chi connectivity index (χ2n) is 7.74. The summed E-state index contributed by atoms with van der Waals surface area (Å²) in [7, 11) is 0. The predicted octanol–water partition coefficient (Wildman–Crippen LogP) is 5.14. The monoisotopic (exact) mass is 416 g/mol. The lowest BCUT2D eigenvalue weighted by atomic mass is 9.96. The molecule has 0 amide bonds. The zero-order chi connectivity index (χ0) is 20.9. The quantitative estimate of drug-likeness (QED) is 0.676. The van der Waals surface area contributed by atoms with E-state index < -0.39 is 6.08 Å². The van der Waals surface area contributed by atoms with Crippen LogP contribution in [-0.2, 0) is 25.4 Å². The van der Waals surface area contributed by atoms with E-state index in [2.05, 4.69) is 24.3 Å². The summed E-state index contributed by atoms with van der Waals surface area (Å²) >= 11 is 0. The molecule has 0 bridgehead atoms. The molecule has 2 aliphatic heterocycles. The van der Waals surface area contributed by atoms with Gasteiger partial charge in [0.1, 0.15) is 0 Å². The van der Waals surface area contributed by atoms with E-state index in [0.29, 0.717) is 26.4 Å². The molecule has 160 valence electrons. The second-order valence-corrected chi connectivity index (χ2v) is 7.74. The minimum Gasteiger partial charge on any atom is -0.352 e. The summed E-state index contributed by atoms with van der Waals surface area (Å²) in [6, 6.07) is 16.0. The zero-order valence-electron chi connectivity index (χ0n) is 16.9. The van der Waals surface area contributed by atoms with E-state index >= 15 is 0 Å². The lowest BCUT2D eigenvalue weighted by Gasteiger charge is -2.37.